The molecule has 2 amide bonds. The van der Waals surface area contributed by atoms with Crippen molar-refractivity contribution in [3.05, 3.63) is 63.6 Å². The maximum absolute atomic E-state index is 13.9. The summed E-state index contributed by atoms with van der Waals surface area (Å²) in [6.45, 7) is -0.359. The number of anilines is 1. The number of thiophene rings is 1. The van der Waals surface area contributed by atoms with Gasteiger partial charge in [-0.3, -0.25) is 9.59 Å². The Morgan fingerprint density at radius 2 is 2.03 bits per heavy atom. The molecule has 0 aliphatic carbocycles. The van der Waals surface area contributed by atoms with Crippen LogP contribution in [0.1, 0.15) is 32.5 Å². The molecule has 0 fully saturated rings. The van der Waals surface area contributed by atoms with E-state index in [4.69, 9.17) is 15.2 Å². The van der Waals surface area contributed by atoms with E-state index in [1.807, 2.05) is 0 Å². The van der Waals surface area contributed by atoms with Crippen molar-refractivity contribution < 1.29 is 33.4 Å². The van der Waals surface area contributed by atoms with Crippen molar-refractivity contribution in [1.82, 2.24) is 0 Å². The second kappa shape index (κ2) is 8.91. The molecule has 8 nitrogen and oxygen atoms in total. The third-order valence-corrected chi connectivity index (χ3v) is 6.46. The Hall–Kier alpha value is -3.92. The third kappa shape index (κ3) is 4.37. The van der Waals surface area contributed by atoms with Gasteiger partial charge >= 0.3 is 5.97 Å². The highest BCUT2D eigenvalue weighted by atomic mass is 32.1. The van der Waals surface area contributed by atoms with Gasteiger partial charge in [-0.05, 0) is 35.4 Å². The molecule has 4 N–H and O–H groups in total. The van der Waals surface area contributed by atoms with Crippen LogP contribution in [-0.4, -0.2) is 36.6 Å². The molecule has 0 saturated heterocycles. The Kier molecular flexibility index (Phi) is 6.01. The van der Waals surface area contributed by atoms with Gasteiger partial charge in [-0.1, -0.05) is 18.2 Å². The number of hydrogen-bond donors (Lipinski definition) is 3. The van der Waals surface area contributed by atoms with Crippen LogP contribution in [0.3, 0.4) is 0 Å². The Morgan fingerprint density at radius 3 is 2.70 bits per heavy atom. The van der Waals surface area contributed by atoms with Gasteiger partial charge in [-0.25, -0.2) is 9.18 Å². The predicted octanol–water partition coefficient (Wildman–Crippen LogP) is 3.60. The minimum Gasteiger partial charge on any atom is -0.493 e. The van der Waals surface area contributed by atoms with Gasteiger partial charge in [0.15, 0.2) is 18.1 Å². The summed E-state index contributed by atoms with van der Waals surface area (Å²) in [6.07, 6.45) is 0.0662. The highest BCUT2D eigenvalue weighted by Crippen LogP contribution is 2.50. The summed E-state index contributed by atoms with van der Waals surface area (Å²) in [6, 6.07) is 10.6. The van der Waals surface area contributed by atoms with Crippen LogP contribution in [-0.2, 0) is 9.59 Å². The smallest absolute Gasteiger partial charge is 0.346 e. The minimum absolute atomic E-state index is 0.00323. The van der Waals surface area contributed by atoms with Crippen molar-refractivity contribution in [3.8, 4) is 22.6 Å². The highest BCUT2D eigenvalue weighted by Gasteiger charge is 2.35. The van der Waals surface area contributed by atoms with Crippen LogP contribution in [0.4, 0.5) is 10.1 Å². The number of carbonyl (C=O) groups is 3. The number of rotatable bonds is 7. The number of aromatic carboxylic acids is 1. The van der Waals surface area contributed by atoms with E-state index in [-0.39, 0.29) is 35.1 Å². The van der Waals surface area contributed by atoms with Gasteiger partial charge in [0.05, 0.1) is 12.8 Å². The number of hydrogen-bond acceptors (Lipinski definition) is 6. The molecule has 2 heterocycles. The Morgan fingerprint density at radius 1 is 1.24 bits per heavy atom. The predicted molar refractivity (Wildman–Crippen MR) is 119 cm³/mol. The summed E-state index contributed by atoms with van der Waals surface area (Å²) in [5, 5.41) is 12.6. The van der Waals surface area contributed by atoms with E-state index in [9.17, 15) is 23.9 Å². The fourth-order valence-electron chi connectivity index (χ4n) is 3.80. The highest BCUT2D eigenvalue weighted by molar-refractivity contribution is 7.15. The zero-order valence-corrected chi connectivity index (χ0v) is 18.2. The Balaban J connectivity index is 1.85. The van der Waals surface area contributed by atoms with E-state index in [1.54, 1.807) is 24.3 Å². The van der Waals surface area contributed by atoms with Crippen LogP contribution in [0.5, 0.6) is 11.5 Å². The first-order valence-corrected chi connectivity index (χ1v) is 10.6. The quantitative estimate of drug-likeness (QED) is 0.484. The molecule has 0 unspecified atom stereocenters. The monoisotopic (exact) mass is 470 g/mol. The molecule has 0 saturated carbocycles. The topological polar surface area (TPSA) is 128 Å². The fourth-order valence-corrected chi connectivity index (χ4v) is 5.04. The first-order chi connectivity index (χ1) is 15.8. The molecule has 1 atom stereocenters. The van der Waals surface area contributed by atoms with Crippen molar-refractivity contribution in [3.63, 3.8) is 0 Å². The van der Waals surface area contributed by atoms with E-state index in [0.717, 1.165) is 11.3 Å². The van der Waals surface area contributed by atoms with Gasteiger partial charge in [-0.2, -0.15) is 0 Å². The summed E-state index contributed by atoms with van der Waals surface area (Å²) < 4.78 is 24.6. The molecule has 0 radical (unpaired) electrons. The van der Waals surface area contributed by atoms with E-state index >= 15 is 0 Å². The van der Waals surface area contributed by atoms with E-state index in [0.29, 0.717) is 27.4 Å². The lowest BCUT2D eigenvalue weighted by Gasteiger charge is -2.24. The maximum atomic E-state index is 13.9. The van der Waals surface area contributed by atoms with Crippen molar-refractivity contribution in [2.75, 3.05) is 19.0 Å². The first-order valence-electron chi connectivity index (χ1n) is 9.83. The molecule has 33 heavy (non-hydrogen) atoms. The standard InChI is InChI=1S/C23H19FN2O6S/c1-31-15-6-5-11(8-16(15)32-10-17(25)27)14-9-18(28)26-20-19(12-3-2-4-13(24)7-12)22(23(29)30)33-21(14)20/h2-8,14H,9-10H2,1H3,(H2,25,27)(H,26,28)(H,29,30)/t14-/m1/s1. The molecule has 2 aromatic carbocycles. The van der Waals surface area contributed by atoms with Crippen LogP contribution in [0.15, 0.2) is 42.5 Å². The summed E-state index contributed by atoms with van der Waals surface area (Å²) in [4.78, 5) is 36.4. The number of carboxylic acids is 1. The lowest BCUT2D eigenvalue weighted by molar-refractivity contribution is -0.120. The SMILES string of the molecule is COc1ccc([C@H]2CC(=O)Nc3c2sc(C(=O)O)c3-c2cccc(F)c2)cc1OCC(N)=O. The number of carboxylic acid groups (broad SMARTS) is 1. The molecule has 1 aliphatic heterocycles. The van der Waals surface area contributed by atoms with Gasteiger partial charge in [0.2, 0.25) is 5.91 Å². The van der Waals surface area contributed by atoms with Crippen LogP contribution < -0.4 is 20.5 Å². The molecule has 3 aromatic rings. The molecule has 0 bridgehead atoms. The lowest BCUT2D eigenvalue weighted by Crippen LogP contribution is -2.23. The van der Waals surface area contributed by atoms with Gasteiger partial charge in [0, 0.05) is 22.8 Å². The van der Waals surface area contributed by atoms with Gasteiger partial charge in [0.1, 0.15) is 10.7 Å². The number of benzene rings is 2. The van der Waals surface area contributed by atoms with Crippen LogP contribution in [0.25, 0.3) is 11.1 Å². The van der Waals surface area contributed by atoms with Crippen molar-refractivity contribution >= 4 is 34.8 Å². The largest absolute Gasteiger partial charge is 0.493 e. The summed E-state index contributed by atoms with van der Waals surface area (Å²) in [5.74, 6) is -2.52. The number of fused-ring (bicyclic) bond motifs is 1. The van der Waals surface area contributed by atoms with E-state index in [1.165, 1.54) is 25.3 Å². The lowest BCUT2D eigenvalue weighted by atomic mass is 9.88. The second-order valence-corrected chi connectivity index (χ2v) is 8.38. The zero-order valence-electron chi connectivity index (χ0n) is 17.4. The van der Waals surface area contributed by atoms with E-state index in [2.05, 4.69) is 5.32 Å². The Labute approximate surface area is 191 Å². The average Bonchev–Trinajstić information content (AvgIpc) is 3.16. The fraction of sp³-hybridized carbons (Fsp3) is 0.174. The average molecular weight is 470 g/mol. The van der Waals surface area contributed by atoms with Gasteiger partial charge < -0.3 is 25.6 Å². The number of methoxy groups -OCH3 is 1. The van der Waals surface area contributed by atoms with E-state index < -0.39 is 23.6 Å². The molecular weight excluding hydrogens is 451 g/mol. The minimum atomic E-state index is -1.18. The normalized spacial score (nSPS) is 14.8. The molecular formula is C23H19FN2O6S. The van der Waals surface area contributed by atoms with Crippen molar-refractivity contribution in [2.45, 2.75) is 12.3 Å². The van der Waals surface area contributed by atoms with Gasteiger partial charge in [0.25, 0.3) is 5.91 Å². The summed E-state index contributed by atoms with van der Waals surface area (Å²) >= 11 is 1.03. The van der Waals surface area contributed by atoms with Crippen LogP contribution in [0.2, 0.25) is 0 Å². The number of ether oxygens (including phenoxy) is 2. The molecule has 4 rings (SSSR count). The van der Waals surface area contributed by atoms with Crippen molar-refractivity contribution in [2.24, 2.45) is 5.73 Å². The number of nitrogens with two attached hydrogens (primary N) is 1. The molecule has 1 aliphatic rings. The van der Waals surface area contributed by atoms with Crippen LogP contribution >= 0.6 is 11.3 Å². The number of amides is 2. The molecule has 1 aromatic heterocycles. The number of halogens is 1. The second-order valence-electron chi connectivity index (χ2n) is 7.33. The Bertz CT molecular complexity index is 1270. The number of carbonyl (C=O) groups excluding carboxylic acids is 2. The third-order valence-electron chi connectivity index (χ3n) is 5.17. The first kappa shape index (κ1) is 22.3. The summed E-state index contributed by atoms with van der Waals surface area (Å²) in [5.41, 5.74) is 6.79. The molecule has 0 spiro atoms. The molecule has 170 valence electrons. The molecule has 10 heteroatoms. The number of primary amides is 1. The summed E-state index contributed by atoms with van der Waals surface area (Å²) in [7, 11) is 1.45. The van der Waals surface area contributed by atoms with Gasteiger partial charge in [-0.15, -0.1) is 11.3 Å². The van der Waals surface area contributed by atoms with Crippen LogP contribution in [0, 0.1) is 5.82 Å². The number of nitrogens with one attached hydrogen (secondary N) is 1. The maximum Gasteiger partial charge on any atom is 0.346 e. The van der Waals surface area contributed by atoms with Crippen molar-refractivity contribution in [1.29, 1.82) is 0 Å². The zero-order chi connectivity index (χ0) is 23.7.